The third-order valence-electron chi connectivity index (χ3n) is 9.16. The van der Waals surface area contributed by atoms with Gasteiger partial charge in [0, 0.05) is 31.4 Å². The summed E-state index contributed by atoms with van der Waals surface area (Å²) in [5.41, 5.74) is 1.58. The first-order valence-corrected chi connectivity index (χ1v) is 16.1. The Kier molecular flexibility index (Phi) is 9.58. The summed E-state index contributed by atoms with van der Waals surface area (Å²) in [6.07, 6.45) is 0. The van der Waals surface area contributed by atoms with E-state index in [-0.39, 0.29) is 17.9 Å². The molecule has 276 valence electrons. The van der Waals surface area contributed by atoms with Gasteiger partial charge in [-0.3, -0.25) is 49.3 Å². The Bertz CT molecular complexity index is 2430. The number of nitro groups is 3. The van der Waals surface area contributed by atoms with Gasteiger partial charge in [0.1, 0.15) is 0 Å². The number of hydrogen-bond donors (Lipinski definition) is 1. The number of nitro benzene ring substituents is 3. The lowest BCUT2D eigenvalue weighted by molar-refractivity contribution is -0.404. The fourth-order valence-electron chi connectivity index (χ4n) is 6.39. The van der Waals surface area contributed by atoms with Gasteiger partial charge in [-0.1, -0.05) is 42.5 Å². The van der Waals surface area contributed by atoms with E-state index >= 15 is 0 Å². The summed E-state index contributed by atoms with van der Waals surface area (Å²) in [5.74, 6) is -0.593. The second-order valence-corrected chi connectivity index (χ2v) is 12.1. The standard InChI is InChI=1S/C30H28N4O4.C6H3N3O7/c1-19-26(29(35)33(31(19)3)22-11-7-5-8-12-22)28(21-15-16-24-25(17-21)38-18-37-24)27-20(2)32(4)34(30(27)36)23-13-9-6-10-14-23;10-6-4(8(13)14)1-3(7(11)12)2-5(6)9(15)16/h5-17,28H,18H2,1-4H3;1-2,10H. The molecule has 0 saturated carbocycles. The van der Waals surface area contributed by atoms with Gasteiger partial charge >= 0.3 is 11.4 Å². The van der Waals surface area contributed by atoms with Gasteiger partial charge in [-0.05, 0) is 55.8 Å². The van der Waals surface area contributed by atoms with E-state index in [1.807, 2.05) is 116 Å². The van der Waals surface area contributed by atoms with Crippen molar-refractivity contribution in [3.05, 3.63) is 170 Å². The van der Waals surface area contributed by atoms with Crippen molar-refractivity contribution in [2.45, 2.75) is 19.8 Å². The lowest BCUT2D eigenvalue weighted by Crippen LogP contribution is -2.26. The summed E-state index contributed by atoms with van der Waals surface area (Å²) in [6, 6.07) is 25.6. The number of hydrogen-bond acceptors (Lipinski definition) is 11. The van der Waals surface area contributed by atoms with E-state index in [2.05, 4.69) is 0 Å². The number of nitrogens with zero attached hydrogens (tertiary/aromatic N) is 7. The second-order valence-electron chi connectivity index (χ2n) is 12.1. The Morgan fingerprint density at radius 3 is 1.52 bits per heavy atom. The highest BCUT2D eigenvalue weighted by molar-refractivity contribution is 5.64. The molecule has 6 aromatic rings. The minimum absolute atomic E-state index is 0.139. The third-order valence-corrected chi connectivity index (χ3v) is 9.16. The van der Waals surface area contributed by atoms with E-state index in [1.54, 1.807) is 9.36 Å². The fraction of sp³-hybridized carbons (Fsp3) is 0.167. The second kappa shape index (κ2) is 14.3. The van der Waals surface area contributed by atoms with E-state index in [1.165, 1.54) is 0 Å². The van der Waals surface area contributed by atoms with Crippen LogP contribution in [0.3, 0.4) is 0 Å². The number of ether oxygens (including phenoxy) is 2. The quantitative estimate of drug-likeness (QED) is 0.156. The number of phenolic OH excluding ortho intramolecular Hbond substituents is 1. The van der Waals surface area contributed by atoms with Crippen LogP contribution in [0.1, 0.15) is 34.0 Å². The number of aromatic hydroxyl groups is 1. The lowest BCUT2D eigenvalue weighted by atomic mass is 9.85. The predicted molar refractivity (Wildman–Crippen MR) is 193 cm³/mol. The molecule has 1 aliphatic rings. The number of non-ortho nitro benzene ring substituents is 1. The molecule has 18 nitrogen and oxygen atoms in total. The fourth-order valence-corrected chi connectivity index (χ4v) is 6.39. The number of phenols is 1. The zero-order valence-electron chi connectivity index (χ0n) is 29.1. The average Bonchev–Trinajstić information content (AvgIpc) is 3.78. The van der Waals surface area contributed by atoms with Crippen molar-refractivity contribution in [1.82, 2.24) is 18.7 Å². The first kappa shape index (κ1) is 36.3. The molecule has 7 rings (SSSR count). The SMILES string of the molecule is Cc1c(C(c2ccc3c(c2)OCO3)c2c(C)n(C)n(-c3ccccc3)c2=O)c(=O)n(-c2ccccc2)n1C.O=[N+]([O-])c1cc([N+](=O)[O-])c(O)c([N+](=O)[O-])c1. The van der Waals surface area contributed by atoms with Gasteiger partial charge in [0.05, 0.1) is 49.4 Å². The molecule has 2 aromatic heterocycles. The van der Waals surface area contributed by atoms with E-state index in [4.69, 9.17) is 14.6 Å². The van der Waals surface area contributed by atoms with Crippen molar-refractivity contribution in [2.75, 3.05) is 6.79 Å². The van der Waals surface area contributed by atoms with Gasteiger partial charge in [0.2, 0.25) is 6.79 Å². The number of fused-ring (bicyclic) bond motifs is 1. The minimum Gasteiger partial charge on any atom is -0.497 e. The highest BCUT2D eigenvalue weighted by atomic mass is 16.7. The van der Waals surface area contributed by atoms with Crippen molar-refractivity contribution in [1.29, 1.82) is 0 Å². The predicted octanol–water partition coefficient (Wildman–Crippen LogP) is 5.31. The number of rotatable bonds is 8. The van der Waals surface area contributed by atoms with E-state index in [0.29, 0.717) is 34.8 Å². The van der Waals surface area contributed by atoms with Gasteiger partial charge in [-0.2, -0.15) is 0 Å². The first-order valence-electron chi connectivity index (χ1n) is 16.1. The molecule has 3 heterocycles. The molecule has 0 unspecified atom stereocenters. The molecule has 0 amide bonds. The summed E-state index contributed by atoms with van der Waals surface area (Å²) >= 11 is 0. The van der Waals surface area contributed by atoms with Crippen LogP contribution in [0.4, 0.5) is 17.1 Å². The minimum atomic E-state index is -1.21. The molecule has 0 fully saturated rings. The van der Waals surface area contributed by atoms with Crippen LogP contribution in [0.5, 0.6) is 17.2 Å². The van der Waals surface area contributed by atoms with Crippen molar-refractivity contribution in [3.8, 4) is 28.6 Å². The van der Waals surface area contributed by atoms with Gasteiger partial charge in [0.25, 0.3) is 22.6 Å². The van der Waals surface area contributed by atoms with Gasteiger partial charge in [-0.25, -0.2) is 9.36 Å². The maximum absolute atomic E-state index is 14.2. The zero-order chi connectivity index (χ0) is 39.0. The highest BCUT2D eigenvalue weighted by Gasteiger charge is 2.34. The Hall–Kier alpha value is -7.50. The smallest absolute Gasteiger partial charge is 0.324 e. The molecule has 0 radical (unpaired) electrons. The third kappa shape index (κ3) is 6.31. The average molecular weight is 738 g/mol. The van der Waals surface area contributed by atoms with Crippen LogP contribution in [0.15, 0.2) is 101 Å². The largest absolute Gasteiger partial charge is 0.497 e. The van der Waals surface area contributed by atoms with Crippen molar-refractivity contribution in [2.24, 2.45) is 14.1 Å². The Morgan fingerprint density at radius 2 is 1.09 bits per heavy atom. The Labute approximate surface area is 304 Å². The molecule has 1 N–H and O–H groups in total. The van der Waals surface area contributed by atoms with Crippen LogP contribution < -0.4 is 20.6 Å². The number of aromatic nitrogens is 4. The molecule has 0 bridgehead atoms. The lowest BCUT2D eigenvalue weighted by Gasteiger charge is -2.17. The molecular formula is C36H31N7O11. The molecule has 4 aromatic carbocycles. The summed E-state index contributed by atoms with van der Waals surface area (Å²) in [7, 11) is 3.73. The molecule has 0 saturated heterocycles. The summed E-state index contributed by atoms with van der Waals surface area (Å²) in [5, 5.41) is 40.2. The number of para-hydroxylation sites is 2. The van der Waals surface area contributed by atoms with Gasteiger partial charge in [-0.15, -0.1) is 0 Å². The maximum atomic E-state index is 14.2. The normalized spacial score (nSPS) is 11.6. The van der Waals surface area contributed by atoms with E-state index < -0.39 is 43.5 Å². The topological polar surface area (TPSA) is 222 Å². The van der Waals surface area contributed by atoms with Crippen LogP contribution in [0.2, 0.25) is 0 Å². The molecule has 0 atom stereocenters. The van der Waals surface area contributed by atoms with Crippen molar-refractivity contribution >= 4 is 17.1 Å². The van der Waals surface area contributed by atoms with E-state index in [0.717, 1.165) is 28.3 Å². The van der Waals surface area contributed by atoms with Crippen LogP contribution in [0.25, 0.3) is 11.4 Å². The Balaban J connectivity index is 0.000000262. The summed E-state index contributed by atoms with van der Waals surface area (Å²) in [4.78, 5) is 56.1. The zero-order valence-corrected chi connectivity index (χ0v) is 29.1. The van der Waals surface area contributed by atoms with Crippen molar-refractivity contribution in [3.63, 3.8) is 0 Å². The molecular weight excluding hydrogens is 706 g/mol. The van der Waals surface area contributed by atoms with E-state index in [9.17, 15) is 39.9 Å². The molecule has 0 aliphatic carbocycles. The van der Waals surface area contributed by atoms with Crippen LogP contribution >= 0.6 is 0 Å². The highest BCUT2D eigenvalue weighted by Crippen LogP contribution is 2.40. The summed E-state index contributed by atoms with van der Waals surface area (Å²) in [6.45, 7) is 3.98. The van der Waals surface area contributed by atoms with Crippen LogP contribution in [0, 0.1) is 44.2 Å². The van der Waals surface area contributed by atoms with Gasteiger partial charge in [0.15, 0.2) is 11.5 Å². The molecule has 1 aliphatic heterocycles. The maximum Gasteiger partial charge on any atom is 0.324 e. The van der Waals surface area contributed by atoms with Crippen LogP contribution in [-0.4, -0.2) is 45.4 Å². The molecule has 54 heavy (non-hydrogen) atoms. The number of benzene rings is 4. The monoisotopic (exact) mass is 737 g/mol. The molecule has 0 spiro atoms. The molecule has 18 heteroatoms. The van der Waals surface area contributed by atoms with Crippen LogP contribution in [-0.2, 0) is 14.1 Å². The Morgan fingerprint density at radius 1 is 0.648 bits per heavy atom. The first-order chi connectivity index (χ1) is 25.7. The van der Waals surface area contributed by atoms with Gasteiger partial charge < -0.3 is 14.6 Å². The van der Waals surface area contributed by atoms with Crippen molar-refractivity contribution < 1.29 is 29.4 Å². The summed E-state index contributed by atoms with van der Waals surface area (Å²) < 4.78 is 18.2.